The van der Waals surface area contributed by atoms with Gasteiger partial charge in [-0.2, -0.15) is 4.98 Å². The third-order valence-electron chi connectivity index (χ3n) is 6.65. The van der Waals surface area contributed by atoms with Crippen LogP contribution in [0.2, 0.25) is 0 Å². The molecule has 2 fully saturated rings. The number of rotatable bonds is 6. The number of anilines is 2. The van der Waals surface area contributed by atoms with Gasteiger partial charge < -0.3 is 14.7 Å². The average Bonchev–Trinajstić information content (AvgIpc) is 3.50. The summed E-state index contributed by atoms with van der Waals surface area (Å²) in [5.74, 6) is 1.12. The highest BCUT2D eigenvalue weighted by Gasteiger charge is 2.28. The van der Waals surface area contributed by atoms with Crippen LogP contribution in [-0.4, -0.2) is 46.5 Å². The van der Waals surface area contributed by atoms with Crippen LogP contribution >= 0.6 is 15.9 Å². The summed E-state index contributed by atoms with van der Waals surface area (Å²) in [6.45, 7) is 4.74. The Kier molecular flexibility index (Phi) is 6.97. The predicted octanol–water partition coefficient (Wildman–Crippen LogP) is 4.79. The van der Waals surface area contributed by atoms with E-state index in [2.05, 4.69) is 36.3 Å². The number of amides is 2. The number of carbonyl (C=O) groups excluding carboxylic acids is 2. The number of likely N-dealkylation sites (tertiary alicyclic amines) is 1. The maximum atomic E-state index is 13.1. The second-order valence-corrected chi connectivity index (χ2v) is 10.1. The molecule has 0 saturated carbocycles. The summed E-state index contributed by atoms with van der Waals surface area (Å²) in [6, 6.07) is 13.5. The Labute approximate surface area is 212 Å². The van der Waals surface area contributed by atoms with Gasteiger partial charge >= 0.3 is 0 Å². The van der Waals surface area contributed by atoms with Crippen LogP contribution in [-0.2, 0) is 16.1 Å². The smallest absolute Gasteiger partial charge is 0.241 e. The van der Waals surface area contributed by atoms with Crippen molar-refractivity contribution in [3.63, 3.8) is 0 Å². The summed E-state index contributed by atoms with van der Waals surface area (Å²) in [7, 11) is 0. The Balaban J connectivity index is 1.21. The van der Waals surface area contributed by atoms with Crippen LogP contribution in [0.3, 0.4) is 0 Å². The van der Waals surface area contributed by atoms with Crippen molar-refractivity contribution in [2.45, 2.75) is 39.2 Å². The van der Waals surface area contributed by atoms with Gasteiger partial charge in [-0.1, -0.05) is 27.2 Å². The number of nitrogens with one attached hydrogen (secondary N) is 1. The van der Waals surface area contributed by atoms with Crippen molar-refractivity contribution in [2.24, 2.45) is 5.92 Å². The van der Waals surface area contributed by atoms with Crippen LogP contribution < -0.4 is 10.2 Å². The zero-order valence-electron chi connectivity index (χ0n) is 19.7. The van der Waals surface area contributed by atoms with Crippen molar-refractivity contribution in [3.05, 3.63) is 58.4 Å². The zero-order valence-corrected chi connectivity index (χ0v) is 21.3. The van der Waals surface area contributed by atoms with Crippen molar-refractivity contribution in [3.8, 4) is 11.4 Å². The fourth-order valence-corrected chi connectivity index (χ4v) is 5.03. The fourth-order valence-electron chi connectivity index (χ4n) is 4.76. The summed E-state index contributed by atoms with van der Waals surface area (Å²) < 4.78 is 6.47. The van der Waals surface area contributed by atoms with E-state index < -0.39 is 0 Å². The van der Waals surface area contributed by atoms with Gasteiger partial charge in [-0.15, -0.1) is 0 Å². The van der Waals surface area contributed by atoms with Crippen LogP contribution in [0.15, 0.2) is 51.5 Å². The number of hydrogen-bond donors (Lipinski definition) is 1. The molecule has 2 saturated heterocycles. The highest BCUT2D eigenvalue weighted by atomic mass is 79.9. The number of halogens is 1. The van der Waals surface area contributed by atoms with Gasteiger partial charge in [0, 0.05) is 40.9 Å². The summed E-state index contributed by atoms with van der Waals surface area (Å²) in [4.78, 5) is 33.8. The third-order valence-corrected chi connectivity index (χ3v) is 7.18. The highest BCUT2D eigenvalue weighted by Crippen LogP contribution is 2.29. The van der Waals surface area contributed by atoms with Crippen LogP contribution in [0.4, 0.5) is 11.4 Å². The lowest BCUT2D eigenvalue weighted by Crippen LogP contribution is -2.40. The van der Waals surface area contributed by atoms with Gasteiger partial charge in [0.2, 0.25) is 23.5 Å². The lowest BCUT2D eigenvalue weighted by molar-refractivity contribution is -0.121. The first-order chi connectivity index (χ1) is 17.0. The van der Waals surface area contributed by atoms with Crippen molar-refractivity contribution in [1.29, 1.82) is 0 Å². The standard InChI is InChI=1S/C26H28BrN5O3/c1-17-6-11-21(14-22(17)32-13-3-5-24(32)33)28-26(34)19-4-2-12-31(15-19)16-23-29-25(30-35-23)18-7-9-20(27)10-8-18/h6-11,14,19H,2-5,12-13,15-16H2,1H3,(H,28,34). The van der Waals surface area contributed by atoms with E-state index in [1.165, 1.54) is 0 Å². The van der Waals surface area contributed by atoms with Crippen molar-refractivity contribution in [2.75, 3.05) is 29.9 Å². The molecule has 0 bridgehead atoms. The number of piperidine rings is 1. The molecular formula is C26H28BrN5O3. The molecule has 1 aromatic heterocycles. The molecule has 35 heavy (non-hydrogen) atoms. The van der Waals surface area contributed by atoms with E-state index in [1.54, 1.807) is 0 Å². The molecule has 2 aliphatic rings. The van der Waals surface area contributed by atoms with Crippen LogP contribution in [0.1, 0.15) is 37.1 Å². The molecule has 2 aromatic carbocycles. The van der Waals surface area contributed by atoms with Crippen molar-refractivity contribution in [1.82, 2.24) is 15.0 Å². The monoisotopic (exact) mass is 537 g/mol. The highest BCUT2D eigenvalue weighted by molar-refractivity contribution is 9.10. The Morgan fingerprint density at radius 3 is 2.77 bits per heavy atom. The molecule has 1 atom stereocenters. The summed E-state index contributed by atoms with van der Waals surface area (Å²) in [6.07, 6.45) is 3.21. The SMILES string of the molecule is Cc1ccc(NC(=O)C2CCCN(Cc3nc(-c4ccc(Br)cc4)no3)C2)cc1N1CCCC1=O. The minimum Gasteiger partial charge on any atom is -0.338 e. The molecule has 5 rings (SSSR count). The largest absolute Gasteiger partial charge is 0.338 e. The molecular weight excluding hydrogens is 510 g/mol. The number of nitrogens with zero attached hydrogens (tertiary/aromatic N) is 4. The third kappa shape index (κ3) is 5.46. The Hall–Kier alpha value is -3.04. The van der Waals surface area contributed by atoms with E-state index >= 15 is 0 Å². The summed E-state index contributed by atoms with van der Waals surface area (Å²) in [5.41, 5.74) is 3.54. The lowest BCUT2D eigenvalue weighted by Gasteiger charge is -2.31. The first-order valence-electron chi connectivity index (χ1n) is 12.0. The maximum absolute atomic E-state index is 13.1. The van der Waals surface area contributed by atoms with Crippen LogP contribution in [0, 0.1) is 12.8 Å². The van der Waals surface area contributed by atoms with Gasteiger partial charge in [0.05, 0.1) is 12.5 Å². The fraction of sp³-hybridized carbons (Fsp3) is 0.385. The van der Waals surface area contributed by atoms with Gasteiger partial charge in [0.25, 0.3) is 0 Å². The summed E-state index contributed by atoms with van der Waals surface area (Å²) in [5, 5.41) is 7.18. The van der Waals surface area contributed by atoms with Gasteiger partial charge in [0.1, 0.15) is 0 Å². The molecule has 2 aliphatic heterocycles. The van der Waals surface area contributed by atoms with E-state index in [1.807, 2.05) is 54.3 Å². The van der Waals surface area contributed by atoms with Crippen molar-refractivity contribution < 1.29 is 14.1 Å². The van der Waals surface area contributed by atoms with Crippen molar-refractivity contribution >= 4 is 39.1 Å². The Bertz CT molecular complexity index is 1230. The topological polar surface area (TPSA) is 91.6 Å². The molecule has 3 heterocycles. The molecule has 182 valence electrons. The molecule has 1 unspecified atom stereocenters. The second kappa shape index (κ2) is 10.3. The zero-order chi connectivity index (χ0) is 24.4. The van der Waals surface area contributed by atoms with Crippen LogP contribution in [0.5, 0.6) is 0 Å². The number of carbonyl (C=O) groups is 2. The van der Waals surface area contributed by atoms with E-state index in [9.17, 15) is 9.59 Å². The molecule has 8 nitrogen and oxygen atoms in total. The Morgan fingerprint density at radius 1 is 1.17 bits per heavy atom. The van der Waals surface area contributed by atoms with Gasteiger partial charge in [-0.25, -0.2) is 0 Å². The lowest BCUT2D eigenvalue weighted by atomic mass is 9.97. The first kappa shape index (κ1) is 23.7. The molecule has 0 radical (unpaired) electrons. The minimum atomic E-state index is -0.129. The van der Waals surface area contributed by atoms with Gasteiger partial charge in [-0.3, -0.25) is 14.5 Å². The normalized spacial score (nSPS) is 18.7. The van der Waals surface area contributed by atoms with E-state index in [4.69, 9.17) is 4.52 Å². The minimum absolute atomic E-state index is 0.00154. The van der Waals surface area contributed by atoms with E-state index in [0.717, 1.165) is 59.3 Å². The van der Waals surface area contributed by atoms with Gasteiger partial charge in [-0.05, 0) is 74.7 Å². The number of aryl methyl sites for hydroxylation is 1. The predicted molar refractivity (Wildman–Crippen MR) is 137 cm³/mol. The molecule has 3 aromatic rings. The second-order valence-electron chi connectivity index (χ2n) is 9.23. The Morgan fingerprint density at radius 2 is 2.00 bits per heavy atom. The molecule has 1 N–H and O–H groups in total. The number of aromatic nitrogens is 2. The summed E-state index contributed by atoms with van der Waals surface area (Å²) >= 11 is 3.43. The van der Waals surface area contributed by atoms with E-state index in [-0.39, 0.29) is 17.7 Å². The molecule has 0 aliphatic carbocycles. The molecule has 9 heteroatoms. The molecule has 2 amide bonds. The first-order valence-corrected chi connectivity index (χ1v) is 12.8. The maximum Gasteiger partial charge on any atom is 0.241 e. The number of hydrogen-bond acceptors (Lipinski definition) is 6. The quantitative estimate of drug-likeness (QED) is 0.486. The average molecular weight is 538 g/mol. The number of benzene rings is 2. The van der Waals surface area contributed by atoms with Crippen LogP contribution in [0.25, 0.3) is 11.4 Å². The van der Waals surface area contributed by atoms with Gasteiger partial charge in [0.15, 0.2) is 0 Å². The molecule has 0 spiro atoms. The van der Waals surface area contributed by atoms with E-state index in [0.29, 0.717) is 31.2 Å².